The molecule has 0 spiro atoms. The van der Waals surface area contributed by atoms with Crippen molar-refractivity contribution >= 4 is 33.3 Å². The fourth-order valence-corrected chi connectivity index (χ4v) is 3.20. The van der Waals surface area contributed by atoms with E-state index in [2.05, 4.69) is 31.0 Å². The molecule has 8 nitrogen and oxygen atoms in total. The van der Waals surface area contributed by atoms with E-state index in [0.29, 0.717) is 46.4 Å². The number of hydrogen-bond donors (Lipinski definition) is 1. The number of rotatable bonds is 5. The largest absolute Gasteiger partial charge is 0.446 e. The highest BCUT2D eigenvalue weighted by atomic mass is 79.9. The summed E-state index contributed by atoms with van der Waals surface area (Å²) in [6.07, 6.45) is 3.42. The quantitative estimate of drug-likeness (QED) is 0.510. The molecular formula is C19H17BrN6O2. The van der Waals surface area contributed by atoms with E-state index in [1.807, 2.05) is 19.1 Å². The second-order valence-electron chi connectivity index (χ2n) is 6.15. The van der Waals surface area contributed by atoms with Gasteiger partial charge in [-0.2, -0.15) is 4.52 Å². The molecule has 0 radical (unpaired) electrons. The number of pyridine rings is 2. The summed E-state index contributed by atoms with van der Waals surface area (Å²) >= 11 is 3.26. The van der Waals surface area contributed by atoms with Gasteiger partial charge >= 0.3 is 0 Å². The first-order valence-electron chi connectivity index (χ1n) is 8.65. The molecule has 1 amide bonds. The van der Waals surface area contributed by atoms with E-state index < -0.39 is 0 Å². The second-order valence-corrected chi connectivity index (χ2v) is 6.93. The summed E-state index contributed by atoms with van der Waals surface area (Å²) in [6, 6.07) is 10.6. The Hall–Kier alpha value is -3.20. The van der Waals surface area contributed by atoms with Gasteiger partial charge in [0.25, 0.3) is 5.91 Å². The summed E-state index contributed by atoms with van der Waals surface area (Å²) in [5.41, 5.74) is 8.07. The normalized spacial score (nSPS) is 11.1. The lowest BCUT2D eigenvalue weighted by molar-refractivity contribution is 0.0752. The van der Waals surface area contributed by atoms with Crippen molar-refractivity contribution in [1.82, 2.24) is 24.5 Å². The number of anilines is 1. The minimum atomic E-state index is -0.126. The minimum absolute atomic E-state index is 0.126. The number of carbonyl (C=O) groups is 1. The van der Waals surface area contributed by atoms with E-state index in [-0.39, 0.29) is 5.91 Å². The van der Waals surface area contributed by atoms with E-state index in [1.54, 1.807) is 41.6 Å². The van der Waals surface area contributed by atoms with Gasteiger partial charge in [-0.1, -0.05) is 0 Å². The van der Waals surface area contributed by atoms with Gasteiger partial charge in [0.1, 0.15) is 5.82 Å². The maximum atomic E-state index is 13.0. The highest BCUT2D eigenvalue weighted by Gasteiger charge is 2.19. The van der Waals surface area contributed by atoms with Crippen LogP contribution in [-0.2, 0) is 6.54 Å². The topological polar surface area (TPSA) is 103 Å². The summed E-state index contributed by atoms with van der Waals surface area (Å²) in [5.74, 6) is 1.10. The molecule has 0 unspecified atom stereocenters. The van der Waals surface area contributed by atoms with Crippen LogP contribution in [0.4, 0.5) is 5.82 Å². The molecule has 0 aromatic carbocycles. The van der Waals surface area contributed by atoms with E-state index >= 15 is 0 Å². The van der Waals surface area contributed by atoms with Gasteiger partial charge in [0, 0.05) is 31.0 Å². The summed E-state index contributed by atoms with van der Waals surface area (Å²) in [6.45, 7) is 2.98. The zero-order valence-electron chi connectivity index (χ0n) is 15.0. The van der Waals surface area contributed by atoms with Crippen LogP contribution in [0.5, 0.6) is 0 Å². The molecule has 9 heteroatoms. The lowest BCUT2D eigenvalue weighted by Crippen LogP contribution is -2.30. The number of nitrogen functional groups attached to an aromatic ring is 1. The molecule has 4 aromatic rings. The van der Waals surface area contributed by atoms with Crippen LogP contribution in [0.3, 0.4) is 0 Å². The number of furan rings is 1. The third kappa shape index (κ3) is 3.48. The molecule has 4 aromatic heterocycles. The summed E-state index contributed by atoms with van der Waals surface area (Å²) in [5, 5.41) is 4.36. The Balaban J connectivity index is 1.66. The van der Waals surface area contributed by atoms with Crippen LogP contribution in [0.15, 0.2) is 57.9 Å². The van der Waals surface area contributed by atoms with Gasteiger partial charge in [0.2, 0.25) is 5.82 Å². The van der Waals surface area contributed by atoms with Crippen molar-refractivity contribution in [3.8, 4) is 11.6 Å². The van der Waals surface area contributed by atoms with E-state index in [4.69, 9.17) is 10.2 Å². The Bertz CT molecular complexity index is 1140. The fraction of sp³-hybridized carbons (Fsp3) is 0.158. The third-order valence-corrected chi connectivity index (χ3v) is 4.72. The van der Waals surface area contributed by atoms with Gasteiger partial charge in [-0.15, -0.1) is 5.10 Å². The minimum Gasteiger partial charge on any atom is -0.446 e. The SMILES string of the molecule is CCN(Cc1ccncc1)C(=O)c1cc(N)n2nc(-c3ccc(Br)o3)nc2c1. The molecular weight excluding hydrogens is 424 g/mol. The maximum Gasteiger partial charge on any atom is 0.254 e. The van der Waals surface area contributed by atoms with Crippen LogP contribution in [0.25, 0.3) is 17.2 Å². The highest BCUT2D eigenvalue weighted by Crippen LogP contribution is 2.24. The summed E-state index contributed by atoms with van der Waals surface area (Å²) < 4.78 is 7.57. The van der Waals surface area contributed by atoms with Gasteiger partial charge in [-0.05, 0) is 64.8 Å². The maximum absolute atomic E-state index is 13.0. The standard InChI is InChI=1S/C19H17BrN6O2/c1-2-25(11-12-5-7-22-8-6-12)19(27)13-9-16(21)26-17(10-13)23-18(24-26)14-3-4-15(20)28-14/h3-10H,2,11,21H2,1H3. The average molecular weight is 441 g/mol. The zero-order valence-corrected chi connectivity index (χ0v) is 16.6. The van der Waals surface area contributed by atoms with Crippen molar-refractivity contribution < 1.29 is 9.21 Å². The van der Waals surface area contributed by atoms with Gasteiger partial charge in [0.15, 0.2) is 16.1 Å². The van der Waals surface area contributed by atoms with Crippen LogP contribution in [0, 0.1) is 0 Å². The molecule has 0 aliphatic heterocycles. The molecule has 142 valence electrons. The van der Waals surface area contributed by atoms with Gasteiger partial charge in [0.05, 0.1) is 0 Å². The molecule has 0 saturated heterocycles. The van der Waals surface area contributed by atoms with Crippen LogP contribution in [0.2, 0.25) is 0 Å². The highest BCUT2D eigenvalue weighted by molar-refractivity contribution is 9.10. The number of hydrogen-bond acceptors (Lipinski definition) is 6. The van der Waals surface area contributed by atoms with Gasteiger partial charge in [-0.3, -0.25) is 9.78 Å². The Labute approximate surface area is 169 Å². The lowest BCUT2D eigenvalue weighted by Gasteiger charge is -2.21. The molecule has 28 heavy (non-hydrogen) atoms. The number of halogens is 1. The van der Waals surface area contributed by atoms with Crippen molar-refractivity contribution in [3.63, 3.8) is 0 Å². The smallest absolute Gasteiger partial charge is 0.254 e. The lowest BCUT2D eigenvalue weighted by atomic mass is 10.2. The second kappa shape index (κ2) is 7.43. The molecule has 2 N–H and O–H groups in total. The number of nitrogens with two attached hydrogens (primary N) is 1. The van der Waals surface area contributed by atoms with E-state index in [1.165, 1.54) is 4.52 Å². The molecule has 4 rings (SSSR count). The summed E-state index contributed by atoms with van der Waals surface area (Å²) in [7, 11) is 0. The van der Waals surface area contributed by atoms with Crippen molar-refractivity contribution in [2.45, 2.75) is 13.5 Å². The predicted octanol–water partition coefficient (Wildman–Crippen LogP) is 3.39. The number of nitrogens with zero attached hydrogens (tertiary/aromatic N) is 5. The van der Waals surface area contributed by atoms with E-state index in [0.717, 1.165) is 5.56 Å². The van der Waals surface area contributed by atoms with Crippen LogP contribution in [0.1, 0.15) is 22.8 Å². The molecule has 0 aliphatic carbocycles. The molecule has 0 fully saturated rings. The van der Waals surface area contributed by atoms with Crippen LogP contribution < -0.4 is 5.73 Å². The molecule has 0 aliphatic rings. The first kappa shape index (κ1) is 18.2. The number of amides is 1. The first-order chi connectivity index (χ1) is 13.5. The fourth-order valence-electron chi connectivity index (χ4n) is 2.89. The monoisotopic (exact) mass is 440 g/mol. The predicted molar refractivity (Wildman–Crippen MR) is 107 cm³/mol. The number of carbonyl (C=O) groups excluding carboxylic acids is 1. The van der Waals surface area contributed by atoms with Crippen molar-refractivity contribution in [2.24, 2.45) is 0 Å². The Kier molecular flexibility index (Phi) is 4.82. The number of aromatic nitrogens is 4. The van der Waals surface area contributed by atoms with Gasteiger partial charge < -0.3 is 15.1 Å². The Morgan fingerprint density at radius 1 is 1.25 bits per heavy atom. The van der Waals surface area contributed by atoms with Gasteiger partial charge in [-0.25, -0.2) is 4.98 Å². The molecule has 4 heterocycles. The van der Waals surface area contributed by atoms with Crippen LogP contribution in [-0.4, -0.2) is 36.9 Å². The van der Waals surface area contributed by atoms with E-state index in [9.17, 15) is 4.79 Å². The molecule has 0 atom stereocenters. The number of fused-ring (bicyclic) bond motifs is 1. The Morgan fingerprint density at radius 3 is 2.71 bits per heavy atom. The molecule has 0 bridgehead atoms. The van der Waals surface area contributed by atoms with Crippen LogP contribution >= 0.6 is 15.9 Å². The average Bonchev–Trinajstić information content (AvgIpc) is 3.32. The van der Waals surface area contributed by atoms with Crippen molar-refractivity contribution in [2.75, 3.05) is 12.3 Å². The summed E-state index contributed by atoms with van der Waals surface area (Å²) in [4.78, 5) is 23.2. The third-order valence-electron chi connectivity index (χ3n) is 4.30. The first-order valence-corrected chi connectivity index (χ1v) is 9.44. The molecule has 0 saturated carbocycles. The zero-order chi connectivity index (χ0) is 19.7. The Morgan fingerprint density at radius 2 is 2.04 bits per heavy atom. The van der Waals surface area contributed by atoms with Crippen molar-refractivity contribution in [3.05, 3.63) is 64.6 Å². The van der Waals surface area contributed by atoms with Crippen molar-refractivity contribution in [1.29, 1.82) is 0 Å².